The van der Waals surface area contributed by atoms with Crippen molar-refractivity contribution in [3.05, 3.63) is 77.5 Å². The Kier molecular flexibility index (Phi) is 9.67. The molecule has 1 N–H and O–H groups in total. The molecule has 0 fully saturated rings. The van der Waals surface area contributed by atoms with Crippen molar-refractivity contribution < 1.29 is 9.59 Å². The fourth-order valence-electron chi connectivity index (χ4n) is 4.19. The molecule has 0 saturated carbocycles. The lowest BCUT2D eigenvalue weighted by Crippen LogP contribution is -2.40. The number of amides is 2. The Labute approximate surface area is 222 Å². The van der Waals surface area contributed by atoms with Gasteiger partial charge in [-0.2, -0.15) is 5.10 Å². The van der Waals surface area contributed by atoms with Crippen molar-refractivity contribution in [1.29, 1.82) is 0 Å². The van der Waals surface area contributed by atoms with Crippen LogP contribution in [0, 0.1) is 5.92 Å². The highest BCUT2D eigenvalue weighted by Crippen LogP contribution is 2.26. The second kappa shape index (κ2) is 12.7. The van der Waals surface area contributed by atoms with Crippen LogP contribution in [0.5, 0.6) is 0 Å². The number of carbonyl (C=O) groups is 2. The third kappa shape index (κ3) is 8.04. The van der Waals surface area contributed by atoms with Gasteiger partial charge in [0.1, 0.15) is 12.4 Å². The van der Waals surface area contributed by atoms with Crippen molar-refractivity contribution in [3.8, 4) is 5.69 Å². The first kappa shape index (κ1) is 28.2. The molecule has 0 atom stereocenters. The van der Waals surface area contributed by atoms with E-state index in [9.17, 15) is 9.59 Å². The van der Waals surface area contributed by atoms with Gasteiger partial charge in [-0.15, -0.1) is 0 Å². The topological polar surface area (TPSA) is 67.2 Å². The number of nitrogens with zero attached hydrogens (tertiary/aromatic N) is 3. The van der Waals surface area contributed by atoms with Gasteiger partial charge in [-0.1, -0.05) is 84.7 Å². The smallest absolute Gasteiger partial charge is 0.254 e. The maximum Gasteiger partial charge on any atom is 0.254 e. The van der Waals surface area contributed by atoms with Crippen LogP contribution in [0.4, 0.5) is 5.82 Å². The highest BCUT2D eigenvalue weighted by atomic mass is 16.2. The number of benzene rings is 2. The molecule has 0 aliphatic carbocycles. The second-order valence-corrected chi connectivity index (χ2v) is 11.2. The zero-order valence-electron chi connectivity index (χ0n) is 23.3. The van der Waals surface area contributed by atoms with Gasteiger partial charge >= 0.3 is 0 Å². The van der Waals surface area contributed by atoms with E-state index in [0.717, 1.165) is 24.2 Å². The van der Waals surface area contributed by atoms with Crippen LogP contribution in [0.25, 0.3) is 5.69 Å². The number of aryl methyl sites for hydroxylation is 1. The molecule has 0 unspecified atom stereocenters. The van der Waals surface area contributed by atoms with E-state index in [4.69, 9.17) is 5.10 Å². The van der Waals surface area contributed by atoms with E-state index in [0.29, 0.717) is 17.9 Å². The van der Waals surface area contributed by atoms with Gasteiger partial charge in [0.25, 0.3) is 5.91 Å². The number of hydrogen-bond donors (Lipinski definition) is 1. The molecule has 0 saturated heterocycles. The van der Waals surface area contributed by atoms with Gasteiger partial charge < -0.3 is 10.2 Å². The Morgan fingerprint density at radius 1 is 1.00 bits per heavy atom. The molecular formula is C31H42N4O2. The lowest BCUT2D eigenvalue weighted by Gasteiger charge is -2.24. The summed E-state index contributed by atoms with van der Waals surface area (Å²) < 4.78 is 1.75. The zero-order valence-corrected chi connectivity index (χ0v) is 23.3. The number of aromatic nitrogens is 2. The van der Waals surface area contributed by atoms with E-state index < -0.39 is 0 Å². The van der Waals surface area contributed by atoms with E-state index >= 15 is 0 Å². The van der Waals surface area contributed by atoms with Crippen LogP contribution in [-0.4, -0.2) is 39.6 Å². The van der Waals surface area contributed by atoms with Crippen LogP contribution in [0.2, 0.25) is 0 Å². The molecule has 0 aliphatic heterocycles. The first-order valence-electron chi connectivity index (χ1n) is 13.4. The Morgan fingerprint density at radius 3 is 2.27 bits per heavy atom. The summed E-state index contributed by atoms with van der Waals surface area (Å²) in [6.07, 6.45) is 4.57. The van der Waals surface area contributed by atoms with E-state index in [1.165, 1.54) is 18.4 Å². The molecule has 6 nitrogen and oxygen atoms in total. The lowest BCUT2D eigenvalue weighted by molar-refractivity contribution is -0.117. The van der Waals surface area contributed by atoms with Crippen molar-refractivity contribution in [3.63, 3.8) is 0 Å². The van der Waals surface area contributed by atoms with Crippen molar-refractivity contribution in [2.45, 2.75) is 72.6 Å². The molecule has 0 radical (unpaired) electrons. The molecule has 37 heavy (non-hydrogen) atoms. The summed E-state index contributed by atoms with van der Waals surface area (Å²) in [7, 11) is 0. The summed E-state index contributed by atoms with van der Waals surface area (Å²) >= 11 is 0. The van der Waals surface area contributed by atoms with Crippen molar-refractivity contribution >= 4 is 17.6 Å². The van der Waals surface area contributed by atoms with Gasteiger partial charge in [0.05, 0.1) is 11.4 Å². The van der Waals surface area contributed by atoms with Crippen LogP contribution in [0.1, 0.15) is 82.4 Å². The fourth-order valence-corrected chi connectivity index (χ4v) is 4.19. The molecule has 1 aromatic heterocycles. The molecule has 198 valence electrons. The molecule has 6 heteroatoms. The van der Waals surface area contributed by atoms with Crippen molar-refractivity contribution in [1.82, 2.24) is 14.7 Å². The molecule has 2 aromatic carbocycles. The lowest BCUT2D eigenvalue weighted by atomic mass is 9.92. The number of hydrogen-bond acceptors (Lipinski definition) is 3. The first-order chi connectivity index (χ1) is 17.6. The van der Waals surface area contributed by atoms with Crippen LogP contribution in [0.3, 0.4) is 0 Å². The largest absolute Gasteiger partial charge is 0.329 e. The highest BCUT2D eigenvalue weighted by Gasteiger charge is 2.24. The SMILES string of the molecule is CCCCCc1ccc(C(=O)N(CC(=O)Nc2cc(C(C)(C)C)nn2-c2ccccc2)CC(C)C)cc1. The molecule has 0 bridgehead atoms. The van der Waals surface area contributed by atoms with Gasteiger partial charge in [-0.3, -0.25) is 9.59 Å². The molecule has 2 amide bonds. The standard InChI is InChI=1S/C31H42N4O2/c1-7-8-10-13-24-16-18-25(19-17-24)30(37)34(21-23(2)3)22-29(36)32-28-20-27(31(4,5)6)33-35(28)26-14-11-9-12-15-26/h9,11-12,14-20,23H,7-8,10,13,21-22H2,1-6H3,(H,32,36). The zero-order chi connectivity index (χ0) is 27.0. The molecule has 3 aromatic rings. The highest BCUT2D eigenvalue weighted by molar-refractivity contribution is 5.99. The first-order valence-corrected chi connectivity index (χ1v) is 13.4. The molecule has 3 rings (SSSR count). The van der Waals surface area contributed by atoms with Crippen LogP contribution < -0.4 is 5.32 Å². The minimum Gasteiger partial charge on any atom is -0.329 e. The van der Waals surface area contributed by atoms with E-state index in [1.54, 1.807) is 9.58 Å². The summed E-state index contributed by atoms with van der Waals surface area (Å²) in [6, 6.07) is 19.5. The number of anilines is 1. The van der Waals surface area contributed by atoms with Gasteiger partial charge in [0.15, 0.2) is 0 Å². The normalized spacial score (nSPS) is 11.5. The molecule has 1 heterocycles. The second-order valence-electron chi connectivity index (χ2n) is 11.2. The number of unbranched alkanes of at least 4 members (excludes halogenated alkanes) is 2. The number of nitrogens with one attached hydrogen (secondary N) is 1. The fraction of sp³-hybridized carbons (Fsp3) is 0.452. The Hall–Kier alpha value is -3.41. The number of para-hydroxylation sites is 1. The van der Waals surface area contributed by atoms with E-state index in [2.05, 4.69) is 46.9 Å². The quantitative estimate of drug-likeness (QED) is 0.299. The molecular weight excluding hydrogens is 460 g/mol. The maximum absolute atomic E-state index is 13.4. The minimum atomic E-state index is -0.247. The minimum absolute atomic E-state index is 0.0277. The Balaban J connectivity index is 1.78. The summed E-state index contributed by atoms with van der Waals surface area (Å²) in [6.45, 7) is 13.0. The molecule has 0 spiro atoms. The van der Waals surface area contributed by atoms with Crippen molar-refractivity contribution in [2.75, 3.05) is 18.4 Å². The van der Waals surface area contributed by atoms with Crippen LogP contribution in [0.15, 0.2) is 60.7 Å². The average Bonchev–Trinajstić information content (AvgIpc) is 3.28. The Morgan fingerprint density at radius 2 is 1.68 bits per heavy atom. The predicted molar refractivity (Wildman–Crippen MR) is 151 cm³/mol. The van der Waals surface area contributed by atoms with Gasteiger partial charge in [0.2, 0.25) is 5.91 Å². The number of rotatable bonds is 11. The van der Waals surface area contributed by atoms with E-state index in [-0.39, 0.29) is 29.7 Å². The van der Waals surface area contributed by atoms with E-state index in [1.807, 2.05) is 60.7 Å². The van der Waals surface area contributed by atoms with Crippen molar-refractivity contribution in [2.24, 2.45) is 5.92 Å². The monoisotopic (exact) mass is 502 g/mol. The van der Waals surface area contributed by atoms with Gasteiger partial charge in [-0.25, -0.2) is 4.68 Å². The van der Waals surface area contributed by atoms with Crippen LogP contribution in [-0.2, 0) is 16.6 Å². The summed E-state index contributed by atoms with van der Waals surface area (Å²) in [5.41, 5.74) is 3.41. The predicted octanol–water partition coefficient (Wildman–Crippen LogP) is 6.64. The maximum atomic E-state index is 13.4. The van der Waals surface area contributed by atoms with Gasteiger partial charge in [-0.05, 0) is 48.6 Å². The van der Waals surface area contributed by atoms with Crippen LogP contribution >= 0.6 is 0 Å². The molecule has 0 aliphatic rings. The van der Waals surface area contributed by atoms with Gasteiger partial charge in [0, 0.05) is 23.6 Å². The summed E-state index contributed by atoms with van der Waals surface area (Å²) in [4.78, 5) is 28.3. The Bertz CT molecular complexity index is 1160. The third-order valence-corrected chi connectivity index (χ3v) is 6.22. The number of carbonyl (C=O) groups excluding carboxylic acids is 2. The third-order valence-electron chi connectivity index (χ3n) is 6.22. The summed E-state index contributed by atoms with van der Waals surface area (Å²) in [5.74, 6) is 0.445. The summed E-state index contributed by atoms with van der Waals surface area (Å²) in [5, 5.41) is 7.79. The average molecular weight is 503 g/mol.